The predicted octanol–water partition coefficient (Wildman–Crippen LogP) is 1.13. The van der Waals surface area contributed by atoms with Crippen LogP contribution in [0.25, 0.3) is 11.2 Å². The minimum Gasteiger partial charge on any atom is -0.481 e. The van der Waals surface area contributed by atoms with E-state index in [4.69, 9.17) is 21.1 Å². The Kier molecular flexibility index (Phi) is 10.2. The number of aliphatic hydroxyl groups excluding tert-OH is 1. The molecular formula is C26H27N7O7. The van der Waals surface area contributed by atoms with Crippen LogP contribution in [0.4, 0.5) is 11.6 Å². The molecule has 2 heterocycles. The molecule has 0 saturated carbocycles. The van der Waals surface area contributed by atoms with E-state index in [0.29, 0.717) is 11.4 Å². The summed E-state index contributed by atoms with van der Waals surface area (Å²) in [7, 11) is 0. The van der Waals surface area contributed by atoms with Gasteiger partial charge < -0.3 is 31.7 Å². The van der Waals surface area contributed by atoms with E-state index in [-0.39, 0.29) is 48.7 Å². The molecule has 0 saturated heterocycles. The average Bonchev–Trinajstić information content (AvgIpc) is 2.95. The number of carbonyl (C=O) groups is 3. The first-order valence-electron chi connectivity index (χ1n) is 11.9. The van der Waals surface area contributed by atoms with Gasteiger partial charge in [0.1, 0.15) is 6.04 Å². The number of nitrogens with one attached hydrogen (secondary N) is 3. The molecule has 0 aliphatic carbocycles. The molecular weight excluding hydrogens is 522 g/mol. The number of rotatable bonds is 10. The van der Waals surface area contributed by atoms with Gasteiger partial charge >= 0.3 is 11.9 Å². The summed E-state index contributed by atoms with van der Waals surface area (Å²) in [6.07, 6.45) is 0.840. The van der Waals surface area contributed by atoms with E-state index in [1.54, 1.807) is 12.1 Å². The fourth-order valence-corrected chi connectivity index (χ4v) is 3.34. The van der Waals surface area contributed by atoms with Gasteiger partial charge in [-0.3, -0.25) is 19.4 Å². The zero-order valence-corrected chi connectivity index (χ0v) is 21.1. The van der Waals surface area contributed by atoms with Gasteiger partial charge in [0.05, 0.1) is 25.0 Å². The number of fused-ring (bicyclic) bond motifs is 1. The van der Waals surface area contributed by atoms with Crippen molar-refractivity contribution < 1.29 is 29.7 Å². The lowest BCUT2D eigenvalue weighted by Gasteiger charge is -2.14. The molecule has 0 fully saturated rings. The van der Waals surface area contributed by atoms with E-state index in [0.717, 1.165) is 5.56 Å². The minimum absolute atomic E-state index is 0.0524. The molecule has 0 radical (unpaired) electrons. The van der Waals surface area contributed by atoms with Crippen molar-refractivity contribution in [3.05, 3.63) is 88.0 Å². The number of nitrogen functional groups attached to an aromatic ring is 1. The maximum atomic E-state index is 12.3. The number of aromatic amines is 1. The highest BCUT2D eigenvalue weighted by atomic mass is 16.4. The minimum atomic E-state index is -1.31. The standard InChI is InChI=1S/C19H19N7O6.C7H8O/c20-19-25-15-14(17(30)26-19)23-11(8-22-15)7-21-10-3-1-9(2-4-10)16(29)24-12(18(31)32)5-6-13(27)28;8-6-7-4-2-1-3-5-7/h1-4,8,12,21H,5-7H2,(H,24,29)(H,27,28)(H,31,32)(H3,20,22,25,26,30);1-5,8H,6H2. The summed E-state index contributed by atoms with van der Waals surface area (Å²) in [5, 5.41) is 31.7. The highest BCUT2D eigenvalue weighted by molar-refractivity contribution is 5.96. The number of nitrogens with zero attached hydrogens (tertiary/aromatic N) is 3. The lowest BCUT2D eigenvalue weighted by atomic mass is 10.1. The third-order valence-corrected chi connectivity index (χ3v) is 5.38. The van der Waals surface area contributed by atoms with Crippen LogP contribution in [0, 0.1) is 0 Å². The number of hydrogen-bond donors (Lipinski definition) is 7. The number of aliphatic carboxylic acids is 2. The molecule has 2 aromatic heterocycles. The first-order valence-corrected chi connectivity index (χ1v) is 11.9. The van der Waals surface area contributed by atoms with Crippen molar-refractivity contribution in [3.63, 3.8) is 0 Å². The molecule has 14 nitrogen and oxygen atoms in total. The van der Waals surface area contributed by atoms with Crippen molar-refractivity contribution in [3.8, 4) is 0 Å². The smallest absolute Gasteiger partial charge is 0.326 e. The van der Waals surface area contributed by atoms with Crippen molar-refractivity contribution in [1.82, 2.24) is 25.3 Å². The van der Waals surface area contributed by atoms with Gasteiger partial charge in [0.25, 0.3) is 11.5 Å². The molecule has 208 valence electrons. The molecule has 0 aliphatic rings. The first kappa shape index (κ1) is 29.2. The Morgan fingerprint density at radius 2 is 1.70 bits per heavy atom. The number of H-pyrrole nitrogens is 1. The van der Waals surface area contributed by atoms with Gasteiger partial charge in [-0.1, -0.05) is 30.3 Å². The summed E-state index contributed by atoms with van der Waals surface area (Å²) >= 11 is 0. The van der Waals surface area contributed by atoms with E-state index < -0.39 is 29.4 Å². The van der Waals surface area contributed by atoms with Gasteiger partial charge in [-0.25, -0.2) is 14.8 Å². The van der Waals surface area contributed by atoms with Crippen LogP contribution in [0.15, 0.2) is 65.6 Å². The van der Waals surface area contributed by atoms with E-state index >= 15 is 0 Å². The van der Waals surface area contributed by atoms with Gasteiger partial charge in [0.15, 0.2) is 11.2 Å². The summed E-state index contributed by atoms with van der Waals surface area (Å²) in [5.74, 6) is -3.16. The zero-order chi connectivity index (χ0) is 29.1. The second-order valence-electron chi connectivity index (χ2n) is 8.36. The lowest BCUT2D eigenvalue weighted by Crippen LogP contribution is -2.41. The average molecular weight is 550 g/mol. The number of anilines is 2. The van der Waals surface area contributed by atoms with Crippen molar-refractivity contribution >= 4 is 40.6 Å². The Hall–Kier alpha value is -5.37. The normalized spacial score (nSPS) is 11.1. The molecule has 0 aliphatic heterocycles. The number of benzene rings is 2. The van der Waals surface area contributed by atoms with Crippen molar-refractivity contribution in [2.45, 2.75) is 32.0 Å². The van der Waals surface area contributed by atoms with E-state index in [9.17, 15) is 19.2 Å². The predicted molar refractivity (Wildman–Crippen MR) is 144 cm³/mol. The molecule has 14 heteroatoms. The van der Waals surface area contributed by atoms with Gasteiger partial charge in [-0.05, 0) is 36.2 Å². The van der Waals surface area contributed by atoms with Gasteiger partial charge in [-0.15, -0.1) is 0 Å². The van der Waals surface area contributed by atoms with Crippen molar-refractivity contribution in [2.75, 3.05) is 11.1 Å². The molecule has 1 amide bonds. The Morgan fingerprint density at radius 1 is 1.00 bits per heavy atom. The molecule has 4 rings (SSSR count). The highest BCUT2D eigenvalue weighted by Crippen LogP contribution is 2.12. The topological polar surface area (TPSA) is 234 Å². The summed E-state index contributed by atoms with van der Waals surface area (Å²) in [4.78, 5) is 60.6. The quantitative estimate of drug-likeness (QED) is 0.147. The van der Waals surface area contributed by atoms with Crippen LogP contribution >= 0.6 is 0 Å². The molecule has 1 atom stereocenters. The van der Waals surface area contributed by atoms with Crippen LogP contribution in [0.5, 0.6) is 0 Å². The number of aromatic nitrogens is 4. The molecule has 2 aromatic carbocycles. The SMILES string of the molecule is Nc1nc2ncc(CNc3ccc(C(=O)NC(CCC(=O)O)C(=O)O)cc3)nc2c(=O)[nH]1.OCc1ccccc1. The number of carbonyl (C=O) groups excluding carboxylic acids is 1. The number of amides is 1. The maximum Gasteiger partial charge on any atom is 0.326 e. The monoisotopic (exact) mass is 549 g/mol. The third kappa shape index (κ3) is 8.59. The zero-order valence-electron chi connectivity index (χ0n) is 21.1. The summed E-state index contributed by atoms with van der Waals surface area (Å²) < 4.78 is 0. The highest BCUT2D eigenvalue weighted by Gasteiger charge is 2.21. The Balaban J connectivity index is 0.000000472. The third-order valence-electron chi connectivity index (χ3n) is 5.38. The molecule has 0 spiro atoms. The number of carboxylic acid groups (broad SMARTS) is 2. The van der Waals surface area contributed by atoms with Crippen LogP contribution in [0.3, 0.4) is 0 Å². The van der Waals surface area contributed by atoms with E-state index in [1.807, 2.05) is 30.3 Å². The van der Waals surface area contributed by atoms with E-state index in [1.165, 1.54) is 18.3 Å². The number of carboxylic acids is 2. The molecule has 40 heavy (non-hydrogen) atoms. The maximum absolute atomic E-state index is 12.3. The molecule has 8 N–H and O–H groups in total. The van der Waals surface area contributed by atoms with Gasteiger partial charge in [0, 0.05) is 17.7 Å². The van der Waals surface area contributed by atoms with Crippen LogP contribution in [-0.2, 0) is 22.7 Å². The summed E-state index contributed by atoms with van der Waals surface area (Å²) in [5.41, 5.74) is 7.44. The molecule has 4 aromatic rings. The lowest BCUT2D eigenvalue weighted by molar-refractivity contribution is -0.140. The summed E-state index contributed by atoms with van der Waals surface area (Å²) in [6, 6.07) is 14.4. The van der Waals surface area contributed by atoms with Crippen LogP contribution in [0.1, 0.15) is 34.5 Å². The Morgan fingerprint density at radius 3 is 2.30 bits per heavy atom. The molecule has 1 unspecified atom stereocenters. The number of nitrogens with two attached hydrogens (primary N) is 1. The number of hydrogen-bond acceptors (Lipinski definition) is 10. The van der Waals surface area contributed by atoms with E-state index in [2.05, 4.69) is 30.6 Å². The van der Waals surface area contributed by atoms with Gasteiger partial charge in [0.2, 0.25) is 5.95 Å². The Bertz CT molecular complexity index is 1530. The van der Waals surface area contributed by atoms with Crippen LogP contribution < -0.4 is 21.9 Å². The fraction of sp³-hybridized carbons (Fsp3) is 0.192. The second-order valence-corrected chi connectivity index (χ2v) is 8.36. The van der Waals surface area contributed by atoms with Crippen LogP contribution in [0.2, 0.25) is 0 Å². The fourth-order valence-electron chi connectivity index (χ4n) is 3.34. The largest absolute Gasteiger partial charge is 0.481 e. The molecule has 0 bridgehead atoms. The first-order chi connectivity index (χ1) is 19.2. The summed E-state index contributed by atoms with van der Waals surface area (Å²) in [6.45, 7) is 0.370. The Labute approximate surface area is 226 Å². The van der Waals surface area contributed by atoms with Crippen molar-refractivity contribution in [1.29, 1.82) is 0 Å². The van der Waals surface area contributed by atoms with Crippen molar-refractivity contribution in [2.24, 2.45) is 0 Å². The second kappa shape index (κ2) is 14.0. The van der Waals surface area contributed by atoms with Gasteiger partial charge in [-0.2, -0.15) is 4.98 Å². The number of aliphatic hydroxyl groups is 1. The van der Waals surface area contributed by atoms with Crippen LogP contribution in [-0.4, -0.2) is 59.1 Å².